The Morgan fingerprint density at radius 1 is 1.17 bits per heavy atom. The Labute approximate surface area is 137 Å². The van der Waals surface area contributed by atoms with Gasteiger partial charge in [-0.05, 0) is 49.9 Å². The zero-order chi connectivity index (χ0) is 16.1. The summed E-state index contributed by atoms with van der Waals surface area (Å²) in [5.74, 6) is 0.371. The minimum Gasteiger partial charge on any atom is -0.352 e. The summed E-state index contributed by atoms with van der Waals surface area (Å²) in [4.78, 5) is 23.9. The summed E-state index contributed by atoms with van der Waals surface area (Å²) in [6.45, 7) is 1.51. The molecule has 0 radical (unpaired) electrons. The highest BCUT2D eigenvalue weighted by atomic mass is 16.2. The lowest BCUT2D eigenvalue weighted by atomic mass is 9.85. The van der Waals surface area contributed by atoms with E-state index in [1.165, 1.54) is 0 Å². The molecule has 5 heteroatoms. The van der Waals surface area contributed by atoms with Crippen molar-refractivity contribution in [3.05, 3.63) is 29.8 Å². The number of carbonyl (C=O) groups is 2. The predicted octanol–water partition coefficient (Wildman–Crippen LogP) is 2.18. The quantitative estimate of drug-likeness (QED) is 0.753. The monoisotopic (exact) mass is 315 g/mol. The van der Waals surface area contributed by atoms with Gasteiger partial charge in [0.1, 0.15) is 0 Å². The first-order chi connectivity index (χ1) is 11.2. The summed E-state index contributed by atoms with van der Waals surface area (Å²) in [6.07, 6.45) is 5.92. The maximum atomic E-state index is 12.0. The number of rotatable bonds is 6. The van der Waals surface area contributed by atoms with E-state index in [1.54, 1.807) is 0 Å². The minimum atomic E-state index is 0.0771. The van der Waals surface area contributed by atoms with Crippen LogP contribution < -0.4 is 16.0 Å². The van der Waals surface area contributed by atoms with Crippen molar-refractivity contribution in [3.63, 3.8) is 0 Å². The van der Waals surface area contributed by atoms with Crippen LogP contribution in [-0.2, 0) is 16.1 Å². The third-order valence-corrected chi connectivity index (χ3v) is 4.75. The number of hydrogen-bond donors (Lipinski definition) is 3. The molecule has 0 aromatic heterocycles. The average Bonchev–Trinajstić information content (AvgIpc) is 2.96. The second-order valence-electron chi connectivity index (χ2n) is 6.59. The second-order valence-corrected chi connectivity index (χ2v) is 6.59. The Morgan fingerprint density at radius 2 is 2.04 bits per heavy atom. The van der Waals surface area contributed by atoms with Crippen molar-refractivity contribution >= 4 is 17.5 Å². The molecule has 0 spiro atoms. The molecule has 2 fully saturated rings. The molecule has 23 heavy (non-hydrogen) atoms. The number of carbonyl (C=O) groups excluding carboxylic acids is 2. The number of hydrogen-bond acceptors (Lipinski definition) is 3. The molecule has 124 valence electrons. The molecule has 1 saturated heterocycles. The molecule has 1 aliphatic carbocycles. The van der Waals surface area contributed by atoms with E-state index < -0.39 is 0 Å². The molecule has 1 aliphatic heterocycles. The van der Waals surface area contributed by atoms with E-state index in [4.69, 9.17) is 0 Å². The molecular weight excluding hydrogens is 290 g/mol. The predicted molar refractivity (Wildman–Crippen MR) is 89.9 cm³/mol. The van der Waals surface area contributed by atoms with Crippen LogP contribution >= 0.6 is 0 Å². The molecule has 0 bridgehead atoms. The summed E-state index contributed by atoms with van der Waals surface area (Å²) in [5.41, 5.74) is 1.82. The van der Waals surface area contributed by atoms with Crippen molar-refractivity contribution in [2.75, 3.05) is 11.9 Å². The Balaban J connectivity index is 1.46. The fourth-order valence-electron chi connectivity index (χ4n) is 3.10. The first-order valence-electron chi connectivity index (χ1n) is 8.60. The topological polar surface area (TPSA) is 70.2 Å². The van der Waals surface area contributed by atoms with Gasteiger partial charge in [-0.25, -0.2) is 0 Å². The molecule has 1 saturated carbocycles. The molecule has 2 amide bonds. The fourth-order valence-corrected chi connectivity index (χ4v) is 3.10. The number of amides is 2. The molecule has 1 aromatic carbocycles. The molecule has 1 atom stereocenters. The van der Waals surface area contributed by atoms with Gasteiger partial charge in [0.25, 0.3) is 0 Å². The van der Waals surface area contributed by atoms with Gasteiger partial charge in [-0.15, -0.1) is 0 Å². The van der Waals surface area contributed by atoms with Crippen LogP contribution in [-0.4, -0.2) is 24.4 Å². The van der Waals surface area contributed by atoms with Crippen LogP contribution in [0.5, 0.6) is 0 Å². The van der Waals surface area contributed by atoms with Crippen LogP contribution in [0.25, 0.3) is 0 Å². The lowest BCUT2D eigenvalue weighted by molar-refractivity contribution is -0.122. The maximum Gasteiger partial charge on any atom is 0.227 e. The summed E-state index contributed by atoms with van der Waals surface area (Å²) in [7, 11) is 0. The highest BCUT2D eigenvalue weighted by Crippen LogP contribution is 2.27. The summed E-state index contributed by atoms with van der Waals surface area (Å²) in [5, 5.41) is 9.26. The minimum absolute atomic E-state index is 0.0771. The second kappa shape index (κ2) is 7.59. The normalized spacial score (nSPS) is 20.8. The largest absolute Gasteiger partial charge is 0.352 e. The van der Waals surface area contributed by atoms with Crippen LogP contribution in [0.15, 0.2) is 24.3 Å². The molecule has 2 aliphatic rings. The van der Waals surface area contributed by atoms with Gasteiger partial charge in [0.2, 0.25) is 11.8 Å². The van der Waals surface area contributed by atoms with Crippen molar-refractivity contribution < 1.29 is 9.59 Å². The van der Waals surface area contributed by atoms with Gasteiger partial charge in [0.15, 0.2) is 0 Å². The SMILES string of the molecule is O=C(CC1CCCN1)NCc1cccc(NC(=O)C2CCC2)c1. The standard InChI is InChI=1S/C18H25N3O2/c22-17(11-15-8-3-9-19-15)20-12-13-4-1-7-16(10-13)21-18(23)14-5-2-6-14/h1,4,7,10,14-15,19H,2-3,5-6,8-9,11-12H2,(H,20,22)(H,21,23). The Morgan fingerprint density at radius 3 is 2.74 bits per heavy atom. The third-order valence-electron chi connectivity index (χ3n) is 4.75. The maximum absolute atomic E-state index is 12.0. The molecule has 5 nitrogen and oxygen atoms in total. The molecule has 1 aromatic rings. The van der Waals surface area contributed by atoms with Crippen molar-refractivity contribution in [2.45, 2.75) is 51.1 Å². The molecule has 1 unspecified atom stereocenters. The summed E-state index contributed by atoms with van der Waals surface area (Å²) >= 11 is 0. The smallest absolute Gasteiger partial charge is 0.227 e. The van der Waals surface area contributed by atoms with E-state index in [1.807, 2.05) is 24.3 Å². The lowest BCUT2D eigenvalue weighted by Gasteiger charge is -2.24. The van der Waals surface area contributed by atoms with E-state index in [0.717, 1.165) is 49.9 Å². The Kier molecular flexibility index (Phi) is 5.28. The fraction of sp³-hybridized carbons (Fsp3) is 0.556. The van der Waals surface area contributed by atoms with Crippen LogP contribution in [0.1, 0.15) is 44.1 Å². The van der Waals surface area contributed by atoms with E-state index >= 15 is 0 Å². The van der Waals surface area contributed by atoms with Crippen LogP contribution in [0.2, 0.25) is 0 Å². The van der Waals surface area contributed by atoms with Crippen molar-refractivity contribution in [1.82, 2.24) is 10.6 Å². The van der Waals surface area contributed by atoms with Crippen LogP contribution in [0.3, 0.4) is 0 Å². The zero-order valence-electron chi connectivity index (χ0n) is 13.4. The summed E-state index contributed by atoms with van der Waals surface area (Å²) in [6, 6.07) is 8.03. The Hall–Kier alpha value is -1.88. The number of nitrogens with one attached hydrogen (secondary N) is 3. The third kappa shape index (κ3) is 4.55. The van der Waals surface area contributed by atoms with Gasteiger partial charge < -0.3 is 16.0 Å². The van der Waals surface area contributed by atoms with Gasteiger partial charge in [-0.2, -0.15) is 0 Å². The van der Waals surface area contributed by atoms with Gasteiger partial charge >= 0.3 is 0 Å². The average molecular weight is 315 g/mol. The van der Waals surface area contributed by atoms with Crippen LogP contribution in [0.4, 0.5) is 5.69 Å². The van der Waals surface area contributed by atoms with Gasteiger partial charge in [-0.3, -0.25) is 9.59 Å². The highest BCUT2D eigenvalue weighted by molar-refractivity contribution is 5.93. The Bertz CT molecular complexity index is 563. The van der Waals surface area contributed by atoms with Crippen molar-refractivity contribution in [1.29, 1.82) is 0 Å². The molecule has 1 heterocycles. The van der Waals surface area contributed by atoms with Crippen LogP contribution in [0, 0.1) is 5.92 Å². The highest BCUT2D eigenvalue weighted by Gasteiger charge is 2.25. The van der Waals surface area contributed by atoms with Crippen molar-refractivity contribution in [3.8, 4) is 0 Å². The van der Waals surface area contributed by atoms with E-state index in [9.17, 15) is 9.59 Å². The van der Waals surface area contributed by atoms with Gasteiger partial charge in [0, 0.05) is 30.6 Å². The first-order valence-corrected chi connectivity index (χ1v) is 8.60. The molecule has 3 N–H and O–H groups in total. The van der Waals surface area contributed by atoms with E-state index in [-0.39, 0.29) is 17.7 Å². The van der Waals surface area contributed by atoms with Gasteiger partial charge in [0.05, 0.1) is 0 Å². The van der Waals surface area contributed by atoms with Gasteiger partial charge in [-0.1, -0.05) is 18.6 Å². The van der Waals surface area contributed by atoms with E-state index in [2.05, 4.69) is 16.0 Å². The molecule has 3 rings (SSSR count). The summed E-state index contributed by atoms with van der Waals surface area (Å²) < 4.78 is 0. The van der Waals surface area contributed by atoms with Crippen molar-refractivity contribution in [2.24, 2.45) is 5.92 Å². The number of benzene rings is 1. The number of anilines is 1. The molecular formula is C18H25N3O2. The van der Waals surface area contributed by atoms with E-state index in [0.29, 0.717) is 19.0 Å². The first kappa shape index (κ1) is 16.0. The lowest BCUT2D eigenvalue weighted by Crippen LogP contribution is -2.31. The zero-order valence-corrected chi connectivity index (χ0v) is 13.4.